The quantitative estimate of drug-likeness (QED) is 0.812. The highest BCUT2D eigenvalue weighted by Gasteiger charge is 2.25. The number of hydrogen-bond acceptors (Lipinski definition) is 5. The van der Waals surface area contributed by atoms with E-state index in [9.17, 15) is 4.79 Å². The largest absolute Gasteiger partial charge is 0.462 e. The highest BCUT2D eigenvalue weighted by atomic mass is 32.1. The van der Waals surface area contributed by atoms with Gasteiger partial charge in [-0.05, 0) is 37.8 Å². The predicted molar refractivity (Wildman–Crippen MR) is 78.0 cm³/mol. The maximum Gasteiger partial charge on any atom is 0.348 e. The number of aromatic nitrogens is 2. The van der Waals surface area contributed by atoms with Gasteiger partial charge in [0.1, 0.15) is 11.2 Å². The average molecular weight is 288 g/mol. The summed E-state index contributed by atoms with van der Waals surface area (Å²) in [6, 6.07) is 3.76. The first-order valence-corrected chi connectivity index (χ1v) is 7.63. The number of ether oxygens (including phenoxy) is 1. The Hall–Kier alpha value is -1.75. The molecular formula is C15H16N2O2S. The van der Waals surface area contributed by atoms with Crippen molar-refractivity contribution < 1.29 is 9.53 Å². The summed E-state index contributed by atoms with van der Waals surface area (Å²) >= 11 is 1.44. The molecule has 2 heterocycles. The van der Waals surface area contributed by atoms with Crippen LogP contribution in [-0.4, -0.2) is 22.5 Å². The number of carbonyl (C=O) groups is 1. The lowest BCUT2D eigenvalue weighted by Crippen LogP contribution is -2.01. The fourth-order valence-corrected chi connectivity index (χ4v) is 3.53. The molecule has 0 spiro atoms. The highest BCUT2D eigenvalue weighted by Crippen LogP contribution is 2.39. The Morgan fingerprint density at radius 3 is 3.10 bits per heavy atom. The molecular weight excluding hydrogens is 272 g/mol. The summed E-state index contributed by atoms with van der Waals surface area (Å²) in [6.07, 6.45) is 3.76. The molecule has 20 heavy (non-hydrogen) atoms. The van der Waals surface area contributed by atoms with Crippen molar-refractivity contribution in [1.82, 2.24) is 9.97 Å². The topological polar surface area (TPSA) is 52.1 Å². The Labute approximate surface area is 121 Å². The molecule has 5 heteroatoms. The van der Waals surface area contributed by atoms with Gasteiger partial charge >= 0.3 is 5.97 Å². The Morgan fingerprint density at radius 2 is 2.30 bits per heavy atom. The van der Waals surface area contributed by atoms with Crippen molar-refractivity contribution in [3.05, 3.63) is 34.6 Å². The Bertz CT molecular complexity index is 651. The predicted octanol–water partition coefficient (Wildman–Crippen LogP) is 3.43. The van der Waals surface area contributed by atoms with Crippen molar-refractivity contribution in [2.24, 2.45) is 0 Å². The number of nitrogens with zero attached hydrogens (tertiary/aromatic N) is 2. The molecule has 0 fully saturated rings. The van der Waals surface area contributed by atoms with Crippen molar-refractivity contribution >= 4 is 17.3 Å². The van der Waals surface area contributed by atoms with Crippen molar-refractivity contribution in [2.75, 3.05) is 6.61 Å². The van der Waals surface area contributed by atoms with Crippen LogP contribution >= 0.6 is 11.3 Å². The van der Waals surface area contributed by atoms with E-state index in [1.807, 2.05) is 19.1 Å². The van der Waals surface area contributed by atoms with Crippen LogP contribution in [0.2, 0.25) is 0 Å². The molecule has 1 aliphatic rings. The lowest BCUT2D eigenvalue weighted by molar-refractivity contribution is 0.0532. The molecule has 0 amide bonds. The van der Waals surface area contributed by atoms with Gasteiger partial charge in [-0.1, -0.05) is 6.92 Å². The number of hydrogen-bond donors (Lipinski definition) is 0. The molecule has 0 aromatic carbocycles. The SMILES string of the molecule is CCOC(=O)c1ccc(-c2ncnc3c2[C@H](C)CC3)s1. The molecule has 1 aliphatic carbocycles. The van der Waals surface area contributed by atoms with Gasteiger partial charge in [-0.3, -0.25) is 0 Å². The van der Waals surface area contributed by atoms with E-state index in [0.29, 0.717) is 17.4 Å². The van der Waals surface area contributed by atoms with Crippen molar-refractivity contribution in [3.8, 4) is 10.6 Å². The normalized spacial score (nSPS) is 17.0. The molecule has 2 aromatic rings. The van der Waals surface area contributed by atoms with Crippen LogP contribution in [0.3, 0.4) is 0 Å². The molecule has 0 unspecified atom stereocenters. The van der Waals surface area contributed by atoms with E-state index >= 15 is 0 Å². The fraction of sp³-hybridized carbons (Fsp3) is 0.400. The van der Waals surface area contributed by atoms with Crippen molar-refractivity contribution in [2.45, 2.75) is 32.6 Å². The van der Waals surface area contributed by atoms with Gasteiger partial charge in [0, 0.05) is 11.3 Å². The van der Waals surface area contributed by atoms with E-state index in [4.69, 9.17) is 4.74 Å². The van der Waals surface area contributed by atoms with Crippen LogP contribution < -0.4 is 0 Å². The number of fused-ring (bicyclic) bond motifs is 1. The minimum Gasteiger partial charge on any atom is -0.462 e. The second-order valence-corrected chi connectivity index (χ2v) is 5.99. The van der Waals surface area contributed by atoms with Gasteiger partial charge in [-0.2, -0.15) is 0 Å². The maximum absolute atomic E-state index is 11.7. The zero-order valence-electron chi connectivity index (χ0n) is 11.5. The summed E-state index contributed by atoms with van der Waals surface area (Å²) in [5.41, 5.74) is 3.36. The number of aryl methyl sites for hydroxylation is 1. The number of carbonyl (C=O) groups excluding carboxylic acids is 1. The summed E-state index contributed by atoms with van der Waals surface area (Å²) < 4.78 is 5.03. The first kappa shape index (κ1) is 13.2. The lowest BCUT2D eigenvalue weighted by Gasteiger charge is -2.08. The molecule has 0 saturated carbocycles. The third-order valence-electron chi connectivity index (χ3n) is 3.59. The van der Waals surface area contributed by atoms with Gasteiger partial charge in [-0.25, -0.2) is 14.8 Å². The molecule has 104 valence electrons. The fourth-order valence-electron chi connectivity index (χ4n) is 2.62. The molecule has 0 aliphatic heterocycles. The van der Waals surface area contributed by atoms with E-state index in [-0.39, 0.29) is 5.97 Å². The molecule has 0 saturated heterocycles. The van der Waals surface area contributed by atoms with Crippen LogP contribution in [0.15, 0.2) is 18.5 Å². The van der Waals surface area contributed by atoms with Crippen LogP contribution in [0.5, 0.6) is 0 Å². The molecule has 4 nitrogen and oxygen atoms in total. The molecule has 3 rings (SSSR count). The van der Waals surface area contributed by atoms with E-state index in [2.05, 4.69) is 16.9 Å². The molecule has 0 bridgehead atoms. The van der Waals surface area contributed by atoms with Gasteiger partial charge in [0.05, 0.1) is 17.2 Å². The Morgan fingerprint density at radius 1 is 1.45 bits per heavy atom. The minimum absolute atomic E-state index is 0.262. The van der Waals surface area contributed by atoms with Crippen LogP contribution in [0.4, 0.5) is 0 Å². The number of esters is 1. The molecule has 2 aromatic heterocycles. The lowest BCUT2D eigenvalue weighted by atomic mass is 10.0. The number of rotatable bonds is 3. The van der Waals surface area contributed by atoms with Gasteiger partial charge < -0.3 is 4.74 Å². The molecule has 0 N–H and O–H groups in total. The maximum atomic E-state index is 11.7. The third-order valence-corrected chi connectivity index (χ3v) is 4.66. The highest BCUT2D eigenvalue weighted by molar-refractivity contribution is 7.17. The zero-order chi connectivity index (χ0) is 14.1. The van der Waals surface area contributed by atoms with Crippen LogP contribution in [0, 0.1) is 0 Å². The summed E-state index contributed by atoms with van der Waals surface area (Å²) in [7, 11) is 0. The monoisotopic (exact) mass is 288 g/mol. The van der Waals surface area contributed by atoms with Crippen molar-refractivity contribution in [3.63, 3.8) is 0 Å². The Kier molecular flexibility index (Phi) is 3.53. The van der Waals surface area contributed by atoms with Gasteiger partial charge in [0.2, 0.25) is 0 Å². The minimum atomic E-state index is -0.262. The Balaban J connectivity index is 1.99. The van der Waals surface area contributed by atoms with Crippen LogP contribution in [0.25, 0.3) is 10.6 Å². The summed E-state index contributed by atoms with van der Waals surface area (Å²) in [5.74, 6) is 0.219. The first-order chi connectivity index (χ1) is 9.70. The van der Waals surface area contributed by atoms with Crippen molar-refractivity contribution in [1.29, 1.82) is 0 Å². The smallest absolute Gasteiger partial charge is 0.348 e. The second kappa shape index (κ2) is 5.32. The second-order valence-electron chi connectivity index (χ2n) is 4.91. The zero-order valence-corrected chi connectivity index (χ0v) is 12.4. The summed E-state index contributed by atoms with van der Waals surface area (Å²) in [4.78, 5) is 22.2. The van der Waals surface area contributed by atoms with E-state index in [1.165, 1.54) is 16.9 Å². The first-order valence-electron chi connectivity index (χ1n) is 6.81. The van der Waals surface area contributed by atoms with Gasteiger partial charge in [0.15, 0.2) is 0 Å². The third kappa shape index (κ3) is 2.22. The summed E-state index contributed by atoms with van der Waals surface area (Å²) in [5, 5.41) is 0. The van der Waals surface area contributed by atoms with Crippen LogP contribution in [-0.2, 0) is 11.2 Å². The average Bonchev–Trinajstić information content (AvgIpc) is 3.07. The standard InChI is InChI=1S/C15H16N2O2S/c1-3-19-15(18)12-7-6-11(20-12)14-13-9(2)4-5-10(13)16-8-17-14/h6-9H,3-5H2,1-2H3/t9-/m1/s1. The number of thiophene rings is 1. The summed E-state index contributed by atoms with van der Waals surface area (Å²) in [6.45, 7) is 4.41. The van der Waals surface area contributed by atoms with Gasteiger partial charge in [0.25, 0.3) is 0 Å². The van der Waals surface area contributed by atoms with Crippen LogP contribution in [0.1, 0.15) is 47.1 Å². The molecule has 0 radical (unpaired) electrons. The molecule has 1 atom stereocenters. The van der Waals surface area contributed by atoms with Gasteiger partial charge in [-0.15, -0.1) is 11.3 Å². The van der Waals surface area contributed by atoms with E-state index in [0.717, 1.165) is 29.1 Å². The van der Waals surface area contributed by atoms with E-state index in [1.54, 1.807) is 6.33 Å². The van der Waals surface area contributed by atoms with E-state index < -0.39 is 0 Å².